The minimum atomic E-state index is -0.716. The molecule has 3 aliphatic rings. The number of aliphatic carboxylic acids is 1. The number of carboxylic acid groups (broad SMARTS) is 1. The number of piperidine rings is 1. The molecule has 1 fully saturated rings. The minimum Gasteiger partial charge on any atom is -0.480 e. The van der Waals surface area contributed by atoms with E-state index in [2.05, 4.69) is 34.6 Å². The Balaban J connectivity index is 2.05. The van der Waals surface area contributed by atoms with Crippen molar-refractivity contribution < 1.29 is 9.90 Å². The third-order valence-corrected chi connectivity index (χ3v) is 5.64. The first-order chi connectivity index (χ1) is 11.1. The Labute approximate surface area is 136 Å². The van der Waals surface area contributed by atoms with Gasteiger partial charge in [-0.05, 0) is 57.0 Å². The smallest absolute Gasteiger partial charge is 0.326 e. The van der Waals surface area contributed by atoms with Crippen LogP contribution in [0.15, 0.2) is 18.2 Å². The maximum absolute atomic E-state index is 11.9. The van der Waals surface area contributed by atoms with Crippen LogP contribution >= 0.6 is 0 Å². The van der Waals surface area contributed by atoms with Crippen LogP contribution in [0.4, 0.5) is 0 Å². The molecule has 0 spiro atoms. The van der Waals surface area contributed by atoms with E-state index in [1.54, 1.807) is 0 Å². The predicted octanol–water partition coefficient (Wildman–Crippen LogP) is 3.68. The molecular formula is C19H24N2O2. The van der Waals surface area contributed by atoms with Gasteiger partial charge in [0.15, 0.2) is 0 Å². The SMILES string of the molecule is CCC(C(=O)O)n1c2c(c3cc(C)ccc31)CN1CCC2CC1. The fourth-order valence-electron chi connectivity index (χ4n) is 4.52. The number of aryl methyl sites for hydroxylation is 1. The van der Waals surface area contributed by atoms with E-state index < -0.39 is 12.0 Å². The number of benzene rings is 1. The molecule has 2 aromatic rings. The molecule has 0 aliphatic carbocycles. The zero-order valence-electron chi connectivity index (χ0n) is 13.9. The Bertz CT molecular complexity index is 769. The average Bonchev–Trinajstić information content (AvgIpc) is 2.67. The molecule has 2 bridgehead atoms. The van der Waals surface area contributed by atoms with Gasteiger partial charge in [-0.2, -0.15) is 0 Å². The van der Waals surface area contributed by atoms with Gasteiger partial charge in [0, 0.05) is 29.1 Å². The molecule has 0 radical (unpaired) electrons. The van der Waals surface area contributed by atoms with Crippen molar-refractivity contribution in [1.82, 2.24) is 9.47 Å². The van der Waals surface area contributed by atoms with Crippen molar-refractivity contribution in [2.45, 2.75) is 51.6 Å². The van der Waals surface area contributed by atoms with Gasteiger partial charge in [0.2, 0.25) is 0 Å². The third kappa shape index (κ3) is 2.19. The lowest BCUT2D eigenvalue weighted by atomic mass is 9.93. The first kappa shape index (κ1) is 14.8. The largest absolute Gasteiger partial charge is 0.480 e. The predicted molar refractivity (Wildman–Crippen MR) is 90.9 cm³/mol. The zero-order chi connectivity index (χ0) is 16.1. The summed E-state index contributed by atoms with van der Waals surface area (Å²) in [7, 11) is 0. The Morgan fingerprint density at radius 2 is 2.09 bits per heavy atom. The van der Waals surface area contributed by atoms with Crippen molar-refractivity contribution in [3.8, 4) is 0 Å². The van der Waals surface area contributed by atoms with E-state index in [0.717, 1.165) is 38.0 Å². The second-order valence-corrected chi connectivity index (χ2v) is 7.07. The van der Waals surface area contributed by atoms with Gasteiger partial charge < -0.3 is 9.67 Å². The number of rotatable bonds is 3. The van der Waals surface area contributed by atoms with E-state index in [4.69, 9.17) is 0 Å². The van der Waals surface area contributed by atoms with Crippen LogP contribution < -0.4 is 0 Å². The molecule has 23 heavy (non-hydrogen) atoms. The number of fused-ring (bicyclic) bond motifs is 3. The molecule has 5 rings (SSSR count). The zero-order valence-corrected chi connectivity index (χ0v) is 13.9. The van der Waals surface area contributed by atoms with Gasteiger partial charge in [-0.3, -0.25) is 4.90 Å². The van der Waals surface area contributed by atoms with Crippen molar-refractivity contribution in [2.75, 3.05) is 13.1 Å². The summed E-state index contributed by atoms with van der Waals surface area (Å²) >= 11 is 0. The Morgan fingerprint density at radius 1 is 1.35 bits per heavy atom. The number of carboxylic acids is 1. The van der Waals surface area contributed by atoms with Crippen molar-refractivity contribution >= 4 is 16.9 Å². The molecule has 3 aliphatic heterocycles. The van der Waals surface area contributed by atoms with Crippen LogP contribution in [-0.2, 0) is 11.3 Å². The van der Waals surface area contributed by atoms with Gasteiger partial charge in [0.25, 0.3) is 0 Å². The Hall–Kier alpha value is -1.81. The second kappa shape index (κ2) is 5.38. The molecule has 1 saturated heterocycles. The molecule has 0 saturated carbocycles. The van der Waals surface area contributed by atoms with Crippen molar-refractivity contribution in [3.63, 3.8) is 0 Å². The summed E-state index contributed by atoms with van der Waals surface area (Å²) in [4.78, 5) is 14.4. The van der Waals surface area contributed by atoms with E-state index in [9.17, 15) is 9.90 Å². The summed E-state index contributed by atoms with van der Waals surface area (Å²) in [5, 5.41) is 11.0. The van der Waals surface area contributed by atoms with Gasteiger partial charge in [-0.1, -0.05) is 18.6 Å². The third-order valence-electron chi connectivity index (χ3n) is 5.64. The number of carbonyl (C=O) groups is 1. The standard InChI is InChI=1S/C19H24N2O2/c1-3-16(19(22)23)21-17-5-4-12(2)10-14(17)15-11-20-8-6-13(7-9-20)18(15)21/h4-5,10,13,16H,3,6-9,11H2,1-2H3,(H,22,23). The molecule has 4 heteroatoms. The van der Waals surface area contributed by atoms with Gasteiger partial charge in [-0.25, -0.2) is 4.79 Å². The molecule has 4 heterocycles. The molecule has 1 aromatic heterocycles. The highest BCUT2D eigenvalue weighted by Crippen LogP contribution is 2.43. The van der Waals surface area contributed by atoms with Crippen LogP contribution in [0.5, 0.6) is 0 Å². The van der Waals surface area contributed by atoms with Crippen LogP contribution in [0.2, 0.25) is 0 Å². The van der Waals surface area contributed by atoms with E-state index in [1.807, 2.05) is 6.92 Å². The molecule has 4 nitrogen and oxygen atoms in total. The lowest BCUT2D eigenvalue weighted by Gasteiger charge is -2.28. The van der Waals surface area contributed by atoms with Gasteiger partial charge in [0.1, 0.15) is 6.04 Å². The minimum absolute atomic E-state index is 0.462. The van der Waals surface area contributed by atoms with Crippen LogP contribution in [-0.4, -0.2) is 33.6 Å². The molecule has 122 valence electrons. The number of hydrogen-bond acceptors (Lipinski definition) is 2. The highest BCUT2D eigenvalue weighted by atomic mass is 16.4. The summed E-state index contributed by atoms with van der Waals surface area (Å²) < 4.78 is 2.16. The molecule has 1 unspecified atom stereocenters. The summed E-state index contributed by atoms with van der Waals surface area (Å²) in [6.07, 6.45) is 2.92. The van der Waals surface area contributed by atoms with Crippen LogP contribution in [0.3, 0.4) is 0 Å². The van der Waals surface area contributed by atoms with E-state index in [1.165, 1.54) is 22.2 Å². The van der Waals surface area contributed by atoms with Crippen LogP contribution in [0.1, 0.15) is 55.0 Å². The molecule has 1 atom stereocenters. The second-order valence-electron chi connectivity index (χ2n) is 7.07. The number of nitrogens with zero attached hydrogens (tertiary/aromatic N) is 2. The molecule has 1 aromatic carbocycles. The average molecular weight is 312 g/mol. The molecule has 0 amide bonds. The number of aromatic nitrogens is 1. The van der Waals surface area contributed by atoms with Crippen molar-refractivity contribution in [2.24, 2.45) is 0 Å². The lowest BCUT2D eigenvalue weighted by molar-refractivity contribution is -0.140. The summed E-state index contributed by atoms with van der Waals surface area (Å²) in [5.41, 5.74) is 5.03. The summed E-state index contributed by atoms with van der Waals surface area (Å²) in [5.74, 6) is -0.211. The quantitative estimate of drug-likeness (QED) is 0.940. The van der Waals surface area contributed by atoms with E-state index >= 15 is 0 Å². The van der Waals surface area contributed by atoms with E-state index in [-0.39, 0.29) is 0 Å². The summed E-state index contributed by atoms with van der Waals surface area (Å²) in [6, 6.07) is 6.00. The topological polar surface area (TPSA) is 45.5 Å². The Kier molecular flexibility index (Phi) is 3.45. The fraction of sp³-hybridized carbons (Fsp3) is 0.526. The maximum atomic E-state index is 11.9. The van der Waals surface area contributed by atoms with Crippen LogP contribution in [0, 0.1) is 6.92 Å². The monoisotopic (exact) mass is 312 g/mol. The first-order valence-electron chi connectivity index (χ1n) is 8.68. The molecular weight excluding hydrogens is 288 g/mol. The van der Waals surface area contributed by atoms with Gasteiger partial charge in [0.05, 0.1) is 0 Å². The van der Waals surface area contributed by atoms with Crippen molar-refractivity contribution in [1.29, 1.82) is 0 Å². The maximum Gasteiger partial charge on any atom is 0.326 e. The lowest BCUT2D eigenvalue weighted by Crippen LogP contribution is -2.29. The van der Waals surface area contributed by atoms with Crippen LogP contribution in [0.25, 0.3) is 10.9 Å². The van der Waals surface area contributed by atoms with Crippen molar-refractivity contribution in [3.05, 3.63) is 35.0 Å². The molecule has 1 N–H and O–H groups in total. The number of hydrogen-bond donors (Lipinski definition) is 1. The van der Waals surface area contributed by atoms with E-state index in [0.29, 0.717) is 12.3 Å². The highest BCUT2D eigenvalue weighted by Gasteiger charge is 2.35. The fourth-order valence-corrected chi connectivity index (χ4v) is 4.52. The Morgan fingerprint density at radius 3 is 2.74 bits per heavy atom. The van der Waals surface area contributed by atoms with Gasteiger partial charge >= 0.3 is 5.97 Å². The summed E-state index contributed by atoms with van der Waals surface area (Å²) in [6.45, 7) is 7.33. The highest BCUT2D eigenvalue weighted by molar-refractivity contribution is 5.88. The first-order valence-corrected chi connectivity index (χ1v) is 8.68. The van der Waals surface area contributed by atoms with Gasteiger partial charge in [-0.15, -0.1) is 0 Å². The normalized spacial score (nSPS) is 24.4.